The molecule has 0 radical (unpaired) electrons. The Balaban J connectivity index is 2.22. The topological polar surface area (TPSA) is 29.1 Å². The minimum absolute atomic E-state index is 0.0834. The summed E-state index contributed by atoms with van der Waals surface area (Å²) in [6, 6.07) is 18.3. The Bertz CT molecular complexity index is 616. The number of fused-ring (bicyclic) bond motifs is 1. The van der Waals surface area contributed by atoms with Gasteiger partial charge in [-0.2, -0.15) is 0 Å². The van der Waals surface area contributed by atoms with Crippen LogP contribution in [0.25, 0.3) is 0 Å². The van der Waals surface area contributed by atoms with Crippen molar-refractivity contribution in [2.75, 3.05) is 5.32 Å². The molecule has 0 saturated heterocycles. The number of benzene rings is 2. The Labute approximate surface area is 113 Å². The lowest BCUT2D eigenvalue weighted by Gasteiger charge is -2.39. The number of para-hydroxylation sites is 1. The SMILES string of the molecule is CC1(C)C(=O)Nc2ccccc2C1c1ccccc1. The summed E-state index contributed by atoms with van der Waals surface area (Å²) < 4.78 is 0. The summed E-state index contributed by atoms with van der Waals surface area (Å²) in [4.78, 5) is 12.4. The number of hydrogen-bond acceptors (Lipinski definition) is 1. The van der Waals surface area contributed by atoms with Crippen LogP contribution in [0.3, 0.4) is 0 Å². The van der Waals surface area contributed by atoms with Crippen LogP contribution in [0.2, 0.25) is 0 Å². The fraction of sp³-hybridized carbons (Fsp3) is 0.235. The van der Waals surface area contributed by atoms with E-state index in [1.165, 1.54) is 11.1 Å². The zero-order valence-electron chi connectivity index (χ0n) is 11.2. The lowest BCUT2D eigenvalue weighted by Crippen LogP contribution is -2.41. The molecule has 1 amide bonds. The summed E-state index contributed by atoms with van der Waals surface area (Å²) in [7, 11) is 0. The van der Waals surface area contributed by atoms with Crippen LogP contribution >= 0.6 is 0 Å². The molecule has 2 heteroatoms. The first-order chi connectivity index (χ1) is 9.10. The van der Waals surface area contributed by atoms with Crippen LogP contribution in [-0.4, -0.2) is 5.91 Å². The summed E-state index contributed by atoms with van der Waals surface area (Å²) >= 11 is 0. The Morgan fingerprint density at radius 3 is 2.32 bits per heavy atom. The van der Waals surface area contributed by atoms with Crippen molar-refractivity contribution in [2.45, 2.75) is 19.8 Å². The molecule has 2 aromatic rings. The lowest BCUT2D eigenvalue weighted by atomic mass is 9.68. The molecule has 0 saturated carbocycles. The number of hydrogen-bond donors (Lipinski definition) is 1. The van der Waals surface area contributed by atoms with E-state index in [2.05, 4.69) is 23.5 Å². The third kappa shape index (κ3) is 1.84. The van der Waals surface area contributed by atoms with Gasteiger partial charge in [-0.1, -0.05) is 62.4 Å². The van der Waals surface area contributed by atoms with Crippen LogP contribution in [-0.2, 0) is 4.79 Å². The molecular weight excluding hydrogens is 234 g/mol. The molecule has 1 unspecified atom stereocenters. The number of anilines is 1. The maximum Gasteiger partial charge on any atom is 0.230 e. The van der Waals surface area contributed by atoms with Crippen LogP contribution in [0, 0.1) is 5.41 Å². The monoisotopic (exact) mass is 251 g/mol. The average molecular weight is 251 g/mol. The van der Waals surface area contributed by atoms with Crippen LogP contribution in [0.4, 0.5) is 5.69 Å². The number of carbonyl (C=O) groups excluding carboxylic acids is 1. The number of nitrogens with one attached hydrogen (secondary N) is 1. The summed E-state index contributed by atoms with van der Waals surface area (Å²) in [5.74, 6) is 0.179. The maximum atomic E-state index is 12.4. The minimum Gasteiger partial charge on any atom is -0.325 e. The van der Waals surface area contributed by atoms with Crippen LogP contribution in [0.1, 0.15) is 30.9 Å². The van der Waals surface area contributed by atoms with Gasteiger partial charge in [0.2, 0.25) is 5.91 Å². The van der Waals surface area contributed by atoms with Crippen molar-refractivity contribution in [3.8, 4) is 0 Å². The molecular formula is C17H17NO. The molecule has 0 fully saturated rings. The van der Waals surface area contributed by atoms with Crippen molar-refractivity contribution < 1.29 is 4.79 Å². The molecule has 0 aliphatic carbocycles. The fourth-order valence-corrected chi connectivity index (χ4v) is 2.91. The Morgan fingerprint density at radius 1 is 0.947 bits per heavy atom. The Kier molecular flexibility index (Phi) is 2.67. The van der Waals surface area contributed by atoms with E-state index in [-0.39, 0.29) is 11.8 Å². The third-order valence-electron chi connectivity index (χ3n) is 3.96. The van der Waals surface area contributed by atoms with E-state index >= 15 is 0 Å². The lowest BCUT2D eigenvalue weighted by molar-refractivity contribution is -0.125. The quantitative estimate of drug-likeness (QED) is 0.820. The van der Waals surface area contributed by atoms with Crippen molar-refractivity contribution in [3.63, 3.8) is 0 Å². The van der Waals surface area contributed by atoms with E-state index in [1.54, 1.807) is 0 Å². The number of carbonyl (C=O) groups is 1. The van der Waals surface area contributed by atoms with Gasteiger partial charge >= 0.3 is 0 Å². The molecule has 1 aliphatic rings. The van der Waals surface area contributed by atoms with Crippen molar-refractivity contribution in [2.24, 2.45) is 5.41 Å². The minimum atomic E-state index is -0.449. The van der Waals surface area contributed by atoms with Gasteiger partial charge in [0.05, 0.1) is 5.41 Å². The fourth-order valence-electron chi connectivity index (χ4n) is 2.91. The predicted octanol–water partition coefficient (Wildman–Crippen LogP) is 3.80. The number of amides is 1. The van der Waals surface area contributed by atoms with Gasteiger partial charge in [-0.05, 0) is 17.2 Å². The standard InChI is InChI=1S/C17H17NO/c1-17(2)15(12-8-4-3-5-9-12)13-10-6-7-11-14(13)18-16(17)19/h3-11,15H,1-2H3,(H,18,19). The third-order valence-corrected chi connectivity index (χ3v) is 3.96. The highest BCUT2D eigenvalue weighted by molar-refractivity contribution is 5.99. The van der Waals surface area contributed by atoms with E-state index in [0.29, 0.717) is 0 Å². The zero-order valence-corrected chi connectivity index (χ0v) is 11.2. The molecule has 1 atom stereocenters. The van der Waals surface area contributed by atoms with Crippen molar-refractivity contribution in [1.82, 2.24) is 0 Å². The molecule has 0 aromatic heterocycles. The van der Waals surface area contributed by atoms with Gasteiger partial charge in [0.1, 0.15) is 0 Å². The van der Waals surface area contributed by atoms with Gasteiger partial charge in [0.15, 0.2) is 0 Å². The van der Waals surface area contributed by atoms with Crippen LogP contribution in [0.5, 0.6) is 0 Å². The first-order valence-corrected chi connectivity index (χ1v) is 6.56. The predicted molar refractivity (Wildman–Crippen MR) is 77.1 cm³/mol. The zero-order chi connectivity index (χ0) is 13.5. The molecule has 2 aromatic carbocycles. The molecule has 1 N–H and O–H groups in total. The molecule has 1 heterocycles. The number of rotatable bonds is 1. The first-order valence-electron chi connectivity index (χ1n) is 6.56. The maximum absolute atomic E-state index is 12.4. The van der Waals surface area contributed by atoms with Gasteiger partial charge < -0.3 is 5.32 Å². The van der Waals surface area contributed by atoms with Crippen molar-refractivity contribution >= 4 is 11.6 Å². The van der Waals surface area contributed by atoms with Gasteiger partial charge in [-0.3, -0.25) is 4.79 Å². The van der Waals surface area contributed by atoms with Gasteiger partial charge in [-0.25, -0.2) is 0 Å². The molecule has 0 bridgehead atoms. The largest absolute Gasteiger partial charge is 0.325 e. The summed E-state index contributed by atoms with van der Waals surface area (Å²) in [5, 5.41) is 3.01. The van der Waals surface area contributed by atoms with E-state index in [4.69, 9.17) is 0 Å². The van der Waals surface area contributed by atoms with Crippen LogP contribution in [0.15, 0.2) is 54.6 Å². The summed E-state index contributed by atoms with van der Waals surface area (Å²) in [6.07, 6.45) is 0. The van der Waals surface area contributed by atoms with E-state index < -0.39 is 5.41 Å². The van der Waals surface area contributed by atoms with E-state index in [0.717, 1.165) is 5.69 Å². The summed E-state index contributed by atoms with van der Waals surface area (Å²) in [6.45, 7) is 4.02. The smallest absolute Gasteiger partial charge is 0.230 e. The highest BCUT2D eigenvalue weighted by atomic mass is 16.2. The highest BCUT2D eigenvalue weighted by Crippen LogP contribution is 2.47. The van der Waals surface area contributed by atoms with Crippen LogP contribution < -0.4 is 5.32 Å². The molecule has 96 valence electrons. The molecule has 2 nitrogen and oxygen atoms in total. The van der Waals surface area contributed by atoms with E-state index in [1.807, 2.05) is 50.2 Å². The van der Waals surface area contributed by atoms with Gasteiger partial charge in [-0.15, -0.1) is 0 Å². The molecule has 1 aliphatic heterocycles. The molecule has 19 heavy (non-hydrogen) atoms. The first kappa shape index (κ1) is 12.0. The Hall–Kier alpha value is -2.09. The second kappa shape index (κ2) is 4.23. The van der Waals surface area contributed by atoms with Gasteiger partial charge in [0.25, 0.3) is 0 Å². The second-order valence-electron chi connectivity index (χ2n) is 5.61. The Morgan fingerprint density at radius 2 is 1.58 bits per heavy atom. The normalized spacial score (nSPS) is 20.5. The van der Waals surface area contributed by atoms with Crippen molar-refractivity contribution in [1.29, 1.82) is 0 Å². The van der Waals surface area contributed by atoms with Crippen molar-refractivity contribution in [3.05, 3.63) is 65.7 Å². The molecule has 0 spiro atoms. The summed E-state index contributed by atoms with van der Waals surface area (Å²) in [5.41, 5.74) is 2.86. The highest BCUT2D eigenvalue weighted by Gasteiger charge is 2.43. The second-order valence-corrected chi connectivity index (χ2v) is 5.61. The average Bonchev–Trinajstić information content (AvgIpc) is 2.41. The molecule has 3 rings (SSSR count). The van der Waals surface area contributed by atoms with Gasteiger partial charge in [0, 0.05) is 11.6 Å². The van der Waals surface area contributed by atoms with E-state index in [9.17, 15) is 4.79 Å².